The first-order valence-corrected chi connectivity index (χ1v) is 7.31. The Hall–Kier alpha value is -2.57. The molecule has 0 aromatic heterocycles. The van der Waals surface area contributed by atoms with E-state index >= 15 is 0 Å². The second-order valence-electron chi connectivity index (χ2n) is 5.65. The topological polar surface area (TPSA) is 119 Å². The van der Waals surface area contributed by atoms with E-state index in [0.29, 0.717) is 17.7 Å². The van der Waals surface area contributed by atoms with Crippen LogP contribution >= 0.6 is 0 Å². The van der Waals surface area contributed by atoms with E-state index in [1.807, 2.05) is 13.8 Å². The molecule has 1 atom stereocenters. The molecule has 1 rings (SSSR count). The van der Waals surface area contributed by atoms with Crippen LogP contribution in [0.5, 0.6) is 5.75 Å². The third-order valence-electron chi connectivity index (χ3n) is 3.11. The highest BCUT2D eigenvalue weighted by atomic mass is 16.5. The van der Waals surface area contributed by atoms with Crippen LogP contribution in [-0.2, 0) is 9.59 Å². The Bertz CT molecular complexity index is 554. The number of rotatable bonds is 9. The first-order chi connectivity index (χ1) is 10.8. The van der Waals surface area contributed by atoms with Gasteiger partial charge in [0, 0.05) is 12.1 Å². The van der Waals surface area contributed by atoms with Gasteiger partial charge in [-0.1, -0.05) is 13.8 Å². The van der Waals surface area contributed by atoms with Crippen LogP contribution < -0.4 is 15.8 Å². The van der Waals surface area contributed by atoms with Crippen LogP contribution in [-0.4, -0.2) is 36.0 Å². The predicted molar refractivity (Wildman–Crippen MR) is 84.0 cm³/mol. The molecular formula is C16H22N2O5. The summed E-state index contributed by atoms with van der Waals surface area (Å²) >= 11 is 0. The van der Waals surface area contributed by atoms with Gasteiger partial charge < -0.3 is 20.9 Å². The summed E-state index contributed by atoms with van der Waals surface area (Å²) in [5.74, 6) is -1.83. The number of nitrogens with two attached hydrogens (primary N) is 1. The van der Waals surface area contributed by atoms with E-state index in [1.54, 1.807) is 12.1 Å². The number of benzene rings is 1. The zero-order valence-corrected chi connectivity index (χ0v) is 13.2. The second-order valence-corrected chi connectivity index (χ2v) is 5.65. The van der Waals surface area contributed by atoms with Gasteiger partial charge in [0.05, 0.1) is 5.92 Å². The van der Waals surface area contributed by atoms with Crippen LogP contribution in [0.4, 0.5) is 0 Å². The molecule has 7 heteroatoms. The molecular weight excluding hydrogens is 300 g/mol. The number of hydrogen-bond donors (Lipinski definition) is 3. The molecule has 0 aliphatic heterocycles. The van der Waals surface area contributed by atoms with Crippen LogP contribution in [0.15, 0.2) is 24.3 Å². The first-order valence-electron chi connectivity index (χ1n) is 7.31. The number of carbonyl (C=O) groups is 3. The molecule has 1 aromatic rings. The summed E-state index contributed by atoms with van der Waals surface area (Å²) in [7, 11) is 0. The number of hydrogen-bond acceptors (Lipinski definition) is 4. The number of carboxylic acids is 1. The summed E-state index contributed by atoms with van der Waals surface area (Å²) in [6.45, 7) is 3.71. The highest BCUT2D eigenvalue weighted by Gasteiger charge is 2.20. The summed E-state index contributed by atoms with van der Waals surface area (Å²) in [4.78, 5) is 33.8. The number of carboxylic acid groups (broad SMARTS) is 1. The quantitative estimate of drug-likeness (QED) is 0.627. The summed E-state index contributed by atoms with van der Waals surface area (Å²) in [5.41, 5.74) is 5.35. The normalized spacial score (nSPS) is 11.8. The van der Waals surface area contributed by atoms with Crippen LogP contribution in [0.3, 0.4) is 0 Å². The SMILES string of the molecule is CC(C)CC(CNC(=O)c1ccc(OCC(N)=O)cc1)C(=O)O. The zero-order valence-electron chi connectivity index (χ0n) is 13.2. The molecule has 0 radical (unpaired) electrons. The molecule has 4 N–H and O–H groups in total. The third kappa shape index (κ3) is 6.82. The van der Waals surface area contributed by atoms with Gasteiger partial charge in [0.1, 0.15) is 5.75 Å². The van der Waals surface area contributed by atoms with Gasteiger partial charge in [-0.2, -0.15) is 0 Å². The number of aliphatic carboxylic acids is 1. The fourth-order valence-electron chi connectivity index (χ4n) is 2.02. The molecule has 0 aliphatic carbocycles. The maximum Gasteiger partial charge on any atom is 0.308 e. The molecule has 0 spiro atoms. The first kappa shape index (κ1) is 18.5. The van der Waals surface area contributed by atoms with Crippen LogP contribution in [0.1, 0.15) is 30.6 Å². The van der Waals surface area contributed by atoms with E-state index in [2.05, 4.69) is 5.32 Å². The van der Waals surface area contributed by atoms with Crippen molar-refractivity contribution in [3.63, 3.8) is 0 Å². The van der Waals surface area contributed by atoms with Crippen LogP contribution in [0.25, 0.3) is 0 Å². The van der Waals surface area contributed by atoms with Gasteiger partial charge in [0.2, 0.25) is 0 Å². The molecule has 1 aromatic carbocycles. The zero-order chi connectivity index (χ0) is 17.4. The van der Waals surface area contributed by atoms with E-state index in [0.717, 1.165) is 0 Å². The monoisotopic (exact) mass is 322 g/mol. The summed E-state index contributed by atoms with van der Waals surface area (Å²) in [6.07, 6.45) is 0.496. The minimum Gasteiger partial charge on any atom is -0.484 e. The average molecular weight is 322 g/mol. The fourth-order valence-corrected chi connectivity index (χ4v) is 2.02. The highest BCUT2D eigenvalue weighted by molar-refractivity contribution is 5.94. The van der Waals surface area contributed by atoms with Gasteiger partial charge in [0.25, 0.3) is 11.8 Å². The van der Waals surface area contributed by atoms with Crippen molar-refractivity contribution in [1.29, 1.82) is 0 Å². The smallest absolute Gasteiger partial charge is 0.308 e. The Morgan fingerprint density at radius 3 is 2.30 bits per heavy atom. The van der Waals surface area contributed by atoms with Crippen molar-refractivity contribution in [3.8, 4) is 5.75 Å². The average Bonchev–Trinajstić information content (AvgIpc) is 2.49. The number of primary amides is 1. The van der Waals surface area contributed by atoms with E-state index in [-0.39, 0.29) is 25.0 Å². The maximum absolute atomic E-state index is 12.0. The van der Waals surface area contributed by atoms with Crippen molar-refractivity contribution in [2.24, 2.45) is 17.6 Å². The maximum atomic E-state index is 12.0. The standard InChI is InChI=1S/C16H22N2O5/c1-10(2)7-12(16(21)22)8-18-15(20)11-3-5-13(6-4-11)23-9-14(17)19/h3-6,10,12H,7-9H2,1-2H3,(H2,17,19)(H,18,20)(H,21,22). The van der Waals surface area contributed by atoms with Crippen LogP contribution in [0, 0.1) is 11.8 Å². The number of ether oxygens (including phenoxy) is 1. The molecule has 0 bridgehead atoms. The predicted octanol–water partition coefficient (Wildman–Crippen LogP) is 1.03. The van der Waals surface area contributed by atoms with Crippen molar-refractivity contribution >= 4 is 17.8 Å². The third-order valence-corrected chi connectivity index (χ3v) is 3.11. The van der Waals surface area contributed by atoms with Crippen molar-refractivity contribution in [1.82, 2.24) is 5.32 Å². The van der Waals surface area contributed by atoms with Gasteiger partial charge in [-0.05, 0) is 36.6 Å². The summed E-state index contributed by atoms with van der Waals surface area (Å²) in [5, 5.41) is 11.8. The molecule has 23 heavy (non-hydrogen) atoms. The number of carbonyl (C=O) groups excluding carboxylic acids is 2. The van der Waals surface area contributed by atoms with Crippen molar-refractivity contribution in [2.45, 2.75) is 20.3 Å². The molecule has 2 amide bonds. The van der Waals surface area contributed by atoms with Crippen LogP contribution in [0.2, 0.25) is 0 Å². The Balaban J connectivity index is 2.56. The Morgan fingerprint density at radius 1 is 1.22 bits per heavy atom. The minimum atomic E-state index is -0.922. The van der Waals surface area contributed by atoms with Crippen molar-refractivity contribution in [2.75, 3.05) is 13.2 Å². The van der Waals surface area contributed by atoms with Gasteiger partial charge in [-0.3, -0.25) is 14.4 Å². The number of amides is 2. The van der Waals surface area contributed by atoms with Gasteiger partial charge >= 0.3 is 5.97 Å². The molecule has 0 heterocycles. The fraction of sp³-hybridized carbons (Fsp3) is 0.438. The molecule has 0 saturated heterocycles. The van der Waals surface area contributed by atoms with E-state index in [4.69, 9.17) is 15.6 Å². The van der Waals surface area contributed by atoms with Gasteiger partial charge in [-0.15, -0.1) is 0 Å². The largest absolute Gasteiger partial charge is 0.484 e. The highest BCUT2D eigenvalue weighted by Crippen LogP contribution is 2.13. The molecule has 126 valence electrons. The lowest BCUT2D eigenvalue weighted by Gasteiger charge is -2.15. The summed E-state index contributed by atoms with van der Waals surface area (Å²) < 4.78 is 5.09. The van der Waals surface area contributed by atoms with E-state index in [1.165, 1.54) is 12.1 Å². The lowest BCUT2D eigenvalue weighted by atomic mass is 9.97. The van der Waals surface area contributed by atoms with Crippen molar-refractivity contribution < 1.29 is 24.2 Å². The summed E-state index contributed by atoms with van der Waals surface area (Å²) in [6, 6.07) is 6.15. The number of nitrogens with one attached hydrogen (secondary N) is 1. The Morgan fingerprint density at radius 2 is 1.83 bits per heavy atom. The molecule has 7 nitrogen and oxygen atoms in total. The van der Waals surface area contributed by atoms with E-state index < -0.39 is 17.8 Å². The molecule has 0 saturated carbocycles. The van der Waals surface area contributed by atoms with Gasteiger partial charge in [-0.25, -0.2) is 0 Å². The minimum absolute atomic E-state index is 0.0757. The molecule has 0 fully saturated rings. The lowest BCUT2D eigenvalue weighted by molar-refractivity contribution is -0.142. The molecule has 0 aliphatic rings. The lowest BCUT2D eigenvalue weighted by Crippen LogP contribution is -2.33. The molecule has 1 unspecified atom stereocenters. The Labute approximate surface area is 134 Å². The van der Waals surface area contributed by atoms with E-state index in [9.17, 15) is 14.4 Å². The van der Waals surface area contributed by atoms with Crippen molar-refractivity contribution in [3.05, 3.63) is 29.8 Å². The Kier molecular flexibility index (Phi) is 7.05. The van der Waals surface area contributed by atoms with Gasteiger partial charge in [0.15, 0.2) is 6.61 Å². The second kappa shape index (κ2) is 8.77.